The molecule has 2 aromatic rings. The summed E-state index contributed by atoms with van der Waals surface area (Å²) < 4.78 is 26.5. The van der Waals surface area contributed by atoms with Crippen LogP contribution in [0.25, 0.3) is 6.08 Å². The van der Waals surface area contributed by atoms with E-state index in [1.54, 1.807) is 12.2 Å². The molecule has 1 aromatic heterocycles. The molecular formula is C25H25F2NO3S2. The first kappa shape index (κ1) is 23.7. The fourth-order valence-corrected chi connectivity index (χ4v) is 6.52. The number of carboxylic acid groups (broad SMARTS) is 1. The van der Waals surface area contributed by atoms with Gasteiger partial charge in [0.15, 0.2) is 17.4 Å². The highest BCUT2D eigenvalue weighted by molar-refractivity contribution is 7.80. The van der Waals surface area contributed by atoms with Crippen molar-refractivity contribution in [1.29, 1.82) is 0 Å². The molecule has 1 fully saturated rings. The number of carbonyl (C=O) groups is 2. The highest BCUT2D eigenvalue weighted by atomic mass is 32.1. The van der Waals surface area contributed by atoms with Gasteiger partial charge in [0.25, 0.3) is 0 Å². The van der Waals surface area contributed by atoms with Crippen LogP contribution >= 0.6 is 23.6 Å². The molecule has 33 heavy (non-hydrogen) atoms. The van der Waals surface area contributed by atoms with E-state index >= 15 is 0 Å². The number of aliphatic carboxylic acids is 1. The first-order valence-electron chi connectivity index (χ1n) is 11.2. The van der Waals surface area contributed by atoms with Crippen molar-refractivity contribution in [3.05, 3.63) is 57.5 Å². The Morgan fingerprint density at radius 3 is 2.61 bits per heavy atom. The lowest BCUT2D eigenvalue weighted by Gasteiger charge is -2.29. The smallest absolute Gasteiger partial charge is 0.307 e. The lowest BCUT2D eigenvalue weighted by molar-refractivity contribution is -0.143. The fraction of sp³-hybridized carbons (Fsp3) is 0.400. The molecule has 2 N–H and O–H groups in total. The number of thiophene rings is 1. The quantitative estimate of drug-likeness (QED) is 0.346. The molecule has 8 heteroatoms. The summed E-state index contributed by atoms with van der Waals surface area (Å²) in [6.45, 7) is 0. The zero-order valence-electron chi connectivity index (χ0n) is 18.0. The maximum atomic E-state index is 13.4. The van der Waals surface area contributed by atoms with Gasteiger partial charge >= 0.3 is 5.97 Å². The van der Waals surface area contributed by atoms with Gasteiger partial charge in [-0.1, -0.05) is 43.3 Å². The lowest BCUT2D eigenvalue weighted by Crippen LogP contribution is -2.35. The van der Waals surface area contributed by atoms with Gasteiger partial charge in [-0.25, -0.2) is 8.78 Å². The predicted octanol–water partition coefficient (Wildman–Crippen LogP) is 6.43. The summed E-state index contributed by atoms with van der Waals surface area (Å²) in [5, 5.41) is 13.5. The molecule has 2 aliphatic rings. The SMILES string of the molecule is O=C(C/C=C/c1ccc(F)c(F)c1)c1c(NC(=S)C2CCCCC2C(=O)O)sc2c1CCC2. The highest BCUT2D eigenvalue weighted by Crippen LogP contribution is 2.41. The van der Waals surface area contributed by atoms with Gasteiger partial charge in [-0.3, -0.25) is 9.59 Å². The summed E-state index contributed by atoms with van der Waals surface area (Å²) in [7, 11) is 0. The van der Waals surface area contributed by atoms with Gasteiger partial charge in [-0.2, -0.15) is 0 Å². The van der Waals surface area contributed by atoms with Crippen molar-refractivity contribution in [2.75, 3.05) is 5.32 Å². The van der Waals surface area contributed by atoms with E-state index < -0.39 is 23.5 Å². The molecule has 0 aliphatic heterocycles. The minimum absolute atomic E-state index is 0.0723. The minimum Gasteiger partial charge on any atom is -0.481 e. The summed E-state index contributed by atoms with van der Waals surface area (Å²) in [6, 6.07) is 3.60. The molecule has 0 saturated heterocycles. The van der Waals surface area contributed by atoms with Crippen molar-refractivity contribution in [1.82, 2.24) is 0 Å². The zero-order valence-corrected chi connectivity index (χ0v) is 19.7. The van der Waals surface area contributed by atoms with Gasteiger partial charge in [0, 0.05) is 17.2 Å². The zero-order chi connectivity index (χ0) is 23.5. The number of thiocarbonyl (C=S) groups is 1. The first-order valence-corrected chi connectivity index (χ1v) is 12.4. The Hall–Kier alpha value is -2.45. The Morgan fingerprint density at radius 1 is 1.12 bits per heavy atom. The number of anilines is 1. The molecule has 2 unspecified atom stereocenters. The van der Waals surface area contributed by atoms with E-state index in [1.165, 1.54) is 22.3 Å². The maximum absolute atomic E-state index is 13.4. The number of rotatable bonds is 7. The third kappa shape index (κ3) is 5.22. The number of nitrogens with one attached hydrogen (secondary N) is 1. The number of allylic oxidation sites excluding steroid dienone is 1. The summed E-state index contributed by atoms with van der Waals surface area (Å²) in [6.07, 6.45) is 9.29. The minimum atomic E-state index is -0.929. The fourth-order valence-electron chi connectivity index (χ4n) is 4.75. The van der Waals surface area contributed by atoms with Gasteiger partial charge in [0.2, 0.25) is 0 Å². The first-order chi connectivity index (χ1) is 15.8. The van der Waals surface area contributed by atoms with Crippen molar-refractivity contribution in [2.45, 2.75) is 51.4 Å². The molecule has 1 aromatic carbocycles. The lowest BCUT2D eigenvalue weighted by atomic mass is 9.79. The summed E-state index contributed by atoms with van der Waals surface area (Å²) in [5.41, 5.74) is 2.16. The van der Waals surface area contributed by atoms with Crippen LogP contribution in [0.4, 0.5) is 13.8 Å². The molecule has 174 valence electrons. The Bertz CT molecular complexity index is 1130. The topological polar surface area (TPSA) is 66.4 Å². The third-order valence-corrected chi connectivity index (χ3v) is 8.03. The number of aryl methyl sites for hydroxylation is 1. The number of fused-ring (bicyclic) bond motifs is 1. The molecule has 0 bridgehead atoms. The van der Waals surface area contributed by atoms with Crippen LogP contribution in [0.2, 0.25) is 0 Å². The van der Waals surface area contributed by atoms with Crippen molar-refractivity contribution < 1.29 is 23.5 Å². The number of Topliss-reactive ketones (excluding diaryl/α,β-unsaturated/α-hetero) is 1. The molecule has 1 heterocycles. The average molecular weight is 490 g/mol. The van der Waals surface area contributed by atoms with E-state index in [-0.39, 0.29) is 18.1 Å². The van der Waals surface area contributed by atoms with E-state index in [2.05, 4.69) is 5.32 Å². The van der Waals surface area contributed by atoms with E-state index in [0.717, 1.165) is 56.2 Å². The Kier molecular flexibility index (Phi) is 7.34. The number of halogens is 2. The molecule has 2 atom stereocenters. The third-order valence-electron chi connectivity index (χ3n) is 6.41. The number of benzene rings is 1. The highest BCUT2D eigenvalue weighted by Gasteiger charge is 2.35. The van der Waals surface area contributed by atoms with Crippen LogP contribution in [0.1, 0.15) is 64.9 Å². The predicted molar refractivity (Wildman–Crippen MR) is 130 cm³/mol. The van der Waals surface area contributed by atoms with Crippen molar-refractivity contribution >= 4 is 51.4 Å². The van der Waals surface area contributed by atoms with Gasteiger partial charge in [-0.15, -0.1) is 11.3 Å². The van der Waals surface area contributed by atoms with Crippen molar-refractivity contribution in [3.63, 3.8) is 0 Å². The van der Waals surface area contributed by atoms with Crippen LogP contribution in [0, 0.1) is 23.5 Å². The standard InChI is InChI=1S/C25H25F2NO3S2/c26-18-12-11-14(13-19(18)27)5-3-9-20(29)22-17-8-4-10-21(17)33-24(22)28-23(32)15-6-1-2-7-16(15)25(30)31/h3,5,11-13,15-16H,1-2,4,6-10H2,(H,28,32)(H,30,31)/b5-3+. The largest absolute Gasteiger partial charge is 0.481 e. The van der Waals surface area contributed by atoms with E-state index in [1.807, 2.05) is 0 Å². The Labute approximate surface area is 200 Å². The second kappa shape index (κ2) is 10.2. The van der Waals surface area contributed by atoms with Crippen molar-refractivity contribution in [2.24, 2.45) is 11.8 Å². The molecule has 2 aliphatic carbocycles. The second-order valence-electron chi connectivity index (χ2n) is 8.59. The monoisotopic (exact) mass is 489 g/mol. The molecule has 4 nitrogen and oxygen atoms in total. The average Bonchev–Trinajstić information content (AvgIpc) is 3.37. The number of carbonyl (C=O) groups excluding carboxylic acids is 1. The number of hydrogen-bond acceptors (Lipinski definition) is 4. The van der Waals surface area contributed by atoms with Crippen molar-refractivity contribution in [3.8, 4) is 0 Å². The number of hydrogen-bond donors (Lipinski definition) is 2. The molecule has 4 rings (SSSR count). The van der Waals surface area contributed by atoms with Gasteiger partial charge < -0.3 is 10.4 Å². The summed E-state index contributed by atoms with van der Waals surface area (Å²) in [4.78, 5) is 26.5. The molecule has 0 spiro atoms. The maximum Gasteiger partial charge on any atom is 0.307 e. The van der Waals surface area contributed by atoms with Gasteiger partial charge in [-0.05, 0) is 55.4 Å². The molecule has 1 saturated carbocycles. The molecular weight excluding hydrogens is 464 g/mol. The Morgan fingerprint density at radius 2 is 1.88 bits per heavy atom. The molecule has 0 amide bonds. The van der Waals surface area contributed by atoms with Crippen LogP contribution in [0.5, 0.6) is 0 Å². The van der Waals surface area contributed by atoms with Crippen LogP contribution in [-0.2, 0) is 17.6 Å². The Balaban J connectivity index is 1.51. The summed E-state index contributed by atoms with van der Waals surface area (Å²) >= 11 is 7.15. The van der Waals surface area contributed by atoms with E-state index in [4.69, 9.17) is 12.2 Å². The molecule has 0 radical (unpaired) electrons. The van der Waals surface area contributed by atoms with Crippen LogP contribution in [0.3, 0.4) is 0 Å². The van der Waals surface area contributed by atoms with Crippen LogP contribution in [0.15, 0.2) is 24.3 Å². The van der Waals surface area contributed by atoms with Gasteiger partial charge in [0.05, 0.1) is 16.5 Å². The van der Waals surface area contributed by atoms with E-state index in [0.29, 0.717) is 27.5 Å². The number of ketones is 1. The second-order valence-corrected chi connectivity index (χ2v) is 10.1. The van der Waals surface area contributed by atoms with Crippen LogP contribution < -0.4 is 5.32 Å². The normalized spacial score (nSPS) is 20.1. The van der Waals surface area contributed by atoms with Gasteiger partial charge in [0.1, 0.15) is 5.00 Å². The number of carboxylic acids is 1. The summed E-state index contributed by atoms with van der Waals surface area (Å²) in [5.74, 6) is -3.47. The van der Waals surface area contributed by atoms with Crippen LogP contribution in [-0.4, -0.2) is 21.8 Å². The van der Waals surface area contributed by atoms with E-state index in [9.17, 15) is 23.5 Å².